The van der Waals surface area contributed by atoms with Gasteiger partial charge in [-0.2, -0.15) is 0 Å². The maximum atomic E-state index is 11.6. The van der Waals surface area contributed by atoms with E-state index in [1.807, 2.05) is 12.1 Å². The number of imide groups is 1. The molecular weight excluding hydrogens is 449 g/mol. The highest BCUT2D eigenvalue weighted by molar-refractivity contribution is 9.10. The van der Waals surface area contributed by atoms with Crippen molar-refractivity contribution in [3.8, 4) is 5.75 Å². The predicted molar refractivity (Wildman–Crippen MR) is 104 cm³/mol. The molecule has 0 saturated carbocycles. The smallest absolute Gasteiger partial charge is 0.290 e. The molecule has 1 aliphatic heterocycles. The first-order valence-corrected chi connectivity index (χ1v) is 9.40. The van der Waals surface area contributed by atoms with Crippen LogP contribution in [0.1, 0.15) is 11.1 Å². The number of rotatable bonds is 4. The number of halogens is 3. The highest BCUT2D eigenvalue weighted by atomic mass is 79.9. The average Bonchev–Trinajstić information content (AvgIpc) is 2.85. The number of amides is 2. The fourth-order valence-electron chi connectivity index (χ4n) is 2.09. The van der Waals surface area contributed by atoms with Gasteiger partial charge in [-0.25, -0.2) is 0 Å². The van der Waals surface area contributed by atoms with Crippen molar-refractivity contribution in [1.82, 2.24) is 5.32 Å². The van der Waals surface area contributed by atoms with Gasteiger partial charge in [0, 0.05) is 15.6 Å². The van der Waals surface area contributed by atoms with E-state index in [0.29, 0.717) is 27.3 Å². The van der Waals surface area contributed by atoms with Crippen molar-refractivity contribution in [2.75, 3.05) is 0 Å². The summed E-state index contributed by atoms with van der Waals surface area (Å²) in [6.45, 7) is 0.293. The van der Waals surface area contributed by atoms with Gasteiger partial charge in [-0.3, -0.25) is 14.9 Å². The lowest BCUT2D eigenvalue weighted by atomic mass is 10.2. The Hall–Kier alpha value is -1.47. The molecule has 0 atom stereocenters. The molecule has 3 rings (SSSR count). The minimum absolute atomic E-state index is 0.293. The van der Waals surface area contributed by atoms with Crippen LogP contribution in [0, 0.1) is 0 Å². The van der Waals surface area contributed by atoms with Crippen molar-refractivity contribution in [1.29, 1.82) is 0 Å². The number of benzene rings is 2. The zero-order valence-electron chi connectivity index (χ0n) is 12.5. The van der Waals surface area contributed by atoms with E-state index in [9.17, 15) is 9.59 Å². The highest BCUT2D eigenvalue weighted by Crippen LogP contribution is 2.31. The largest absolute Gasteiger partial charge is 0.488 e. The van der Waals surface area contributed by atoms with Gasteiger partial charge in [-0.1, -0.05) is 35.3 Å². The zero-order chi connectivity index (χ0) is 18.0. The summed E-state index contributed by atoms with van der Waals surface area (Å²) in [6, 6.07) is 10.6. The molecule has 128 valence electrons. The Bertz CT molecular complexity index is 901. The van der Waals surface area contributed by atoms with Crippen LogP contribution in [0.3, 0.4) is 0 Å². The summed E-state index contributed by atoms with van der Waals surface area (Å²) in [5.74, 6) is 0.247. The maximum Gasteiger partial charge on any atom is 0.290 e. The summed E-state index contributed by atoms with van der Waals surface area (Å²) in [5, 5.41) is 2.96. The van der Waals surface area contributed by atoms with E-state index < -0.39 is 0 Å². The van der Waals surface area contributed by atoms with Gasteiger partial charge in [-0.05, 0) is 63.6 Å². The first kappa shape index (κ1) is 18.3. The van der Waals surface area contributed by atoms with Crippen LogP contribution in [0.5, 0.6) is 5.75 Å². The Labute approximate surface area is 166 Å². The van der Waals surface area contributed by atoms with E-state index in [1.165, 1.54) is 0 Å². The Morgan fingerprint density at radius 3 is 2.60 bits per heavy atom. The van der Waals surface area contributed by atoms with Crippen LogP contribution in [0.4, 0.5) is 4.79 Å². The molecule has 1 aliphatic rings. The summed E-state index contributed by atoms with van der Waals surface area (Å²) in [6.07, 6.45) is 1.65. The second-order valence-corrected chi connectivity index (χ2v) is 7.78. The van der Waals surface area contributed by atoms with Crippen LogP contribution in [0.25, 0.3) is 6.08 Å². The number of hydrogen-bond donors (Lipinski definition) is 1. The van der Waals surface area contributed by atoms with Crippen molar-refractivity contribution in [3.63, 3.8) is 0 Å². The van der Waals surface area contributed by atoms with E-state index in [0.717, 1.165) is 27.4 Å². The van der Waals surface area contributed by atoms with Gasteiger partial charge >= 0.3 is 0 Å². The second-order valence-electron chi connectivity index (χ2n) is 5.07. The van der Waals surface area contributed by atoms with Crippen molar-refractivity contribution in [2.24, 2.45) is 0 Å². The monoisotopic (exact) mass is 457 g/mol. The number of nitrogens with one attached hydrogen (secondary N) is 1. The molecule has 25 heavy (non-hydrogen) atoms. The molecular formula is C17H10BrCl2NO3S. The third-order valence-electron chi connectivity index (χ3n) is 3.29. The van der Waals surface area contributed by atoms with Gasteiger partial charge in [0.15, 0.2) is 0 Å². The Kier molecular flexibility index (Phi) is 5.74. The number of carbonyl (C=O) groups is 2. The topological polar surface area (TPSA) is 55.4 Å². The Balaban J connectivity index is 1.73. The third-order valence-corrected chi connectivity index (χ3v) is 5.31. The Morgan fingerprint density at radius 2 is 1.96 bits per heavy atom. The van der Waals surface area contributed by atoms with E-state index in [2.05, 4.69) is 21.2 Å². The first-order chi connectivity index (χ1) is 11.9. The van der Waals surface area contributed by atoms with Gasteiger partial charge < -0.3 is 4.74 Å². The summed E-state index contributed by atoms with van der Waals surface area (Å²) in [7, 11) is 0. The van der Waals surface area contributed by atoms with Crippen molar-refractivity contribution < 1.29 is 14.3 Å². The second kappa shape index (κ2) is 7.83. The minimum Gasteiger partial charge on any atom is -0.488 e. The fraction of sp³-hybridized carbons (Fsp3) is 0.0588. The molecule has 0 radical (unpaired) electrons. The zero-order valence-corrected chi connectivity index (χ0v) is 16.4. The van der Waals surface area contributed by atoms with E-state index in [4.69, 9.17) is 27.9 Å². The van der Waals surface area contributed by atoms with Crippen LogP contribution in [-0.4, -0.2) is 11.1 Å². The van der Waals surface area contributed by atoms with Gasteiger partial charge in [-0.15, -0.1) is 0 Å². The van der Waals surface area contributed by atoms with E-state index in [1.54, 1.807) is 30.3 Å². The van der Waals surface area contributed by atoms with Gasteiger partial charge in [0.25, 0.3) is 11.1 Å². The normalized spacial score (nSPS) is 15.6. The number of ether oxygens (including phenoxy) is 1. The van der Waals surface area contributed by atoms with Crippen molar-refractivity contribution in [2.45, 2.75) is 6.61 Å². The molecule has 2 aromatic carbocycles. The molecule has 2 aromatic rings. The highest BCUT2D eigenvalue weighted by Gasteiger charge is 2.24. The van der Waals surface area contributed by atoms with Crippen LogP contribution in [0.2, 0.25) is 10.0 Å². The van der Waals surface area contributed by atoms with Crippen LogP contribution in [-0.2, 0) is 11.4 Å². The molecule has 1 N–H and O–H groups in total. The Morgan fingerprint density at radius 1 is 1.16 bits per heavy atom. The average molecular weight is 459 g/mol. The van der Waals surface area contributed by atoms with Gasteiger partial charge in [0.2, 0.25) is 0 Å². The lowest BCUT2D eigenvalue weighted by Crippen LogP contribution is -2.17. The molecule has 8 heteroatoms. The number of hydrogen-bond acceptors (Lipinski definition) is 4. The molecule has 0 unspecified atom stereocenters. The molecule has 2 amide bonds. The molecule has 1 heterocycles. The maximum absolute atomic E-state index is 11.6. The van der Waals surface area contributed by atoms with Crippen molar-refractivity contribution in [3.05, 3.63) is 66.9 Å². The molecule has 1 fully saturated rings. The minimum atomic E-state index is -0.385. The number of thioether (sulfide) groups is 1. The lowest BCUT2D eigenvalue weighted by Gasteiger charge is -2.10. The summed E-state index contributed by atoms with van der Waals surface area (Å²) >= 11 is 16.3. The summed E-state index contributed by atoms with van der Waals surface area (Å²) in [4.78, 5) is 23.1. The van der Waals surface area contributed by atoms with Crippen molar-refractivity contribution >= 4 is 68.1 Å². The molecule has 4 nitrogen and oxygen atoms in total. The van der Waals surface area contributed by atoms with Crippen LogP contribution in [0.15, 0.2) is 45.8 Å². The van der Waals surface area contributed by atoms with Crippen LogP contribution >= 0.6 is 50.9 Å². The molecule has 0 bridgehead atoms. The quantitative estimate of drug-likeness (QED) is 0.600. The van der Waals surface area contributed by atoms with Gasteiger partial charge in [0.05, 0.1) is 9.38 Å². The van der Waals surface area contributed by atoms with Crippen LogP contribution < -0.4 is 10.1 Å². The first-order valence-electron chi connectivity index (χ1n) is 7.03. The molecule has 0 aromatic heterocycles. The number of carbonyl (C=O) groups excluding carboxylic acids is 2. The van der Waals surface area contributed by atoms with E-state index in [-0.39, 0.29) is 11.1 Å². The third kappa shape index (κ3) is 4.58. The fourth-order valence-corrected chi connectivity index (χ4v) is 3.75. The summed E-state index contributed by atoms with van der Waals surface area (Å²) in [5.41, 5.74) is 1.60. The van der Waals surface area contributed by atoms with E-state index >= 15 is 0 Å². The predicted octanol–water partition coefficient (Wildman–Crippen LogP) is 5.66. The SMILES string of the molecule is O=C1NC(=O)/C(=C/c2ccc(OCc3ccc(Cl)cc3Cl)c(Br)c2)S1. The standard InChI is InChI=1S/C17H10BrCl2NO3S/c18-12-5-9(6-15-16(22)21-17(23)25-15)1-4-14(12)24-8-10-2-3-11(19)7-13(10)20/h1-7H,8H2,(H,21,22,23)/b15-6-. The summed E-state index contributed by atoms with van der Waals surface area (Å²) < 4.78 is 6.50. The van der Waals surface area contributed by atoms with Gasteiger partial charge in [0.1, 0.15) is 12.4 Å². The lowest BCUT2D eigenvalue weighted by molar-refractivity contribution is -0.115. The molecule has 1 saturated heterocycles. The molecule has 0 aliphatic carbocycles. The molecule has 0 spiro atoms.